The molecule has 0 bridgehead atoms. The third kappa shape index (κ3) is 6.70. The largest absolute Gasteiger partial charge is 0.357 e. The van der Waals surface area contributed by atoms with Crippen molar-refractivity contribution in [3.8, 4) is 0 Å². The van der Waals surface area contributed by atoms with Gasteiger partial charge in [0.25, 0.3) is 0 Å². The Kier molecular flexibility index (Phi) is 8.88. The van der Waals surface area contributed by atoms with Crippen LogP contribution in [0.15, 0.2) is 54.6 Å². The van der Waals surface area contributed by atoms with Gasteiger partial charge >= 0.3 is 0 Å². The number of amides is 2. The quantitative estimate of drug-likeness (QED) is 0.584. The summed E-state index contributed by atoms with van der Waals surface area (Å²) in [5.74, 6) is -0.774. The summed E-state index contributed by atoms with van der Waals surface area (Å²) >= 11 is 6.20. The number of likely N-dealkylation sites (N-methyl/N-ethyl adjacent to an activating group) is 1. The molecule has 1 atom stereocenters. The number of carbonyl (C=O) groups excluding carboxylic acids is 2. The molecule has 2 rings (SSSR count). The fourth-order valence-corrected chi connectivity index (χ4v) is 4.46. The molecule has 168 valence electrons. The topological polar surface area (TPSA) is 86.8 Å². The SMILES string of the molecule is CC[C@H](C(=O)NC)N(CCc1ccccc1)C(=O)CN(c1ccccc1Cl)S(C)(=O)=O. The Balaban J connectivity index is 2.35. The molecule has 31 heavy (non-hydrogen) atoms. The summed E-state index contributed by atoms with van der Waals surface area (Å²) in [6.07, 6.45) is 1.95. The number of nitrogens with zero attached hydrogens (tertiary/aromatic N) is 2. The van der Waals surface area contributed by atoms with Crippen molar-refractivity contribution in [2.24, 2.45) is 0 Å². The Morgan fingerprint density at radius 1 is 1.06 bits per heavy atom. The number of benzene rings is 2. The Morgan fingerprint density at radius 2 is 1.68 bits per heavy atom. The fraction of sp³-hybridized carbons (Fsp3) is 0.364. The number of sulfonamides is 1. The molecule has 9 heteroatoms. The lowest BCUT2D eigenvalue weighted by Gasteiger charge is -2.32. The lowest BCUT2D eigenvalue weighted by atomic mass is 10.1. The smallest absolute Gasteiger partial charge is 0.244 e. The van der Waals surface area contributed by atoms with Crippen LogP contribution in [0.2, 0.25) is 5.02 Å². The van der Waals surface area contributed by atoms with Gasteiger partial charge in [0.1, 0.15) is 12.6 Å². The maximum atomic E-state index is 13.3. The summed E-state index contributed by atoms with van der Waals surface area (Å²) < 4.78 is 25.9. The van der Waals surface area contributed by atoms with Crippen molar-refractivity contribution in [3.63, 3.8) is 0 Å². The summed E-state index contributed by atoms with van der Waals surface area (Å²) in [4.78, 5) is 27.2. The molecule has 0 heterocycles. The van der Waals surface area contributed by atoms with Crippen LogP contribution < -0.4 is 9.62 Å². The van der Waals surface area contributed by atoms with Gasteiger partial charge in [-0.1, -0.05) is 61.0 Å². The van der Waals surface area contributed by atoms with Gasteiger partial charge in [0.05, 0.1) is 17.0 Å². The summed E-state index contributed by atoms with van der Waals surface area (Å²) in [5, 5.41) is 2.81. The Morgan fingerprint density at radius 3 is 2.23 bits per heavy atom. The predicted molar refractivity (Wildman–Crippen MR) is 124 cm³/mol. The summed E-state index contributed by atoms with van der Waals surface area (Å²) in [7, 11) is -2.28. The molecule has 2 amide bonds. The number of halogens is 1. The van der Waals surface area contributed by atoms with E-state index in [1.54, 1.807) is 24.3 Å². The second-order valence-electron chi connectivity index (χ2n) is 7.08. The van der Waals surface area contributed by atoms with E-state index in [1.165, 1.54) is 11.9 Å². The minimum atomic E-state index is -3.79. The van der Waals surface area contributed by atoms with E-state index in [1.807, 2.05) is 37.3 Å². The van der Waals surface area contributed by atoms with E-state index in [0.717, 1.165) is 16.1 Å². The van der Waals surface area contributed by atoms with Gasteiger partial charge in [-0.25, -0.2) is 8.42 Å². The van der Waals surface area contributed by atoms with E-state index >= 15 is 0 Å². The zero-order chi connectivity index (χ0) is 23.0. The number of hydrogen-bond acceptors (Lipinski definition) is 4. The fourth-order valence-electron chi connectivity index (χ4n) is 3.31. The minimum absolute atomic E-state index is 0.218. The second kappa shape index (κ2) is 11.2. The van der Waals surface area contributed by atoms with E-state index in [2.05, 4.69) is 5.32 Å². The third-order valence-corrected chi connectivity index (χ3v) is 6.36. The van der Waals surface area contributed by atoms with Gasteiger partial charge in [0.2, 0.25) is 21.8 Å². The van der Waals surface area contributed by atoms with E-state index in [0.29, 0.717) is 12.8 Å². The van der Waals surface area contributed by atoms with Crippen molar-refractivity contribution in [2.45, 2.75) is 25.8 Å². The molecule has 1 N–H and O–H groups in total. The maximum Gasteiger partial charge on any atom is 0.244 e. The van der Waals surface area contributed by atoms with Gasteiger partial charge in [-0.15, -0.1) is 0 Å². The van der Waals surface area contributed by atoms with E-state index < -0.39 is 28.5 Å². The standard InChI is InChI=1S/C22H28ClN3O4S/c1-4-19(22(28)24-2)25(15-14-17-10-6-5-7-11-17)21(27)16-26(31(3,29)30)20-13-9-8-12-18(20)23/h5-13,19H,4,14-16H2,1-3H3,(H,24,28)/t19-/m1/s1. The highest BCUT2D eigenvalue weighted by Gasteiger charge is 2.31. The van der Waals surface area contributed by atoms with Gasteiger partial charge in [-0.05, 0) is 30.5 Å². The molecule has 0 aliphatic carbocycles. The number of carbonyl (C=O) groups is 2. The van der Waals surface area contributed by atoms with Crippen LogP contribution in [0.1, 0.15) is 18.9 Å². The number of nitrogens with one attached hydrogen (secondary N) is 1. The highest BCUT2D eigenvalue weighted by molar-refractivity contribution is 7.92. The molecular weight excluding hydrogens is 438 g/mol. The second-order valence-corrected chi connectivity index (χ2v) is 9.40. The molecule has 2 aromatic carbocycles. The first kappa shape index (κ1) is 24.7. The molecular formula is C22H28ClN3O4S. The first-order valence-corrected chi connectivity index (χ1v) is 12.2. The van der Waals surface area contributed by atoms with E-state index in [9.17, 15) is 18.0 Å². The summed E-state index contributed by atoms with van der Waals surface area (Å²) in [5.41, 5.74) is 1.23. The number of hydrogen-bond donors (Lipinski definition) is 1. The zero-order valence-electron chi connectivity index (χ0n) is 17.9. The van der Waals surface area contributed by atoms with Crippen LogP contribution in [0.4, 0.5) is 5.69 Å². The average Bonchev–Trinajstić information content (AvgIpc) is 2.75. The molecule has 0 saturated carbocycles. The first-order chi connectivity index (χ1) is 14.7. The monoisotopic (exact) mass is 465 g/mol. The maximum absolute atomic E-state index is 13.3. The molecule has 2 aromatic rings. The van der Waals surface area contributed by atoms with Crippen LogP contribution in [0, 0.1) is 0 Å². The van der Waals surface area contributed by atoms with E-state index in [4.69, 9.17) is 11.6 Å². The third-order valence-electron chi connectivity index (χ3n) is 4.92. The van der Waals surface area contributed by atoms with Gasteiger partial charge in [0, 0.05) is 13.6 Å². The van der Waals surface area contributed by atoms with Crippen LogP contribution in [0.5, 0.6) is 0 Å². The zero-order valence-corrected chi connectivity index (χ0v) is 19.5. The van der Waals surface area contributed by atoms with Gasteiger partial charge in [-0.2, -0.15) is 0 Å². The number of para-hydroxylation sites is 1. The Bertz CT molecular complexity index is 999. The van der Waals surface area contributed by atoms with Crippen molar-refractivity contribution in [2.75, 3.05) is 30.7 Å². The molecule has 0 aliphatic heterocycles. The van der Waals surface area contributed by atoms with Gasteiger partial charge in [-0.3, -0.25) is 13.9 Å². The highest BCUT2D eigenvalue weighted by Crippen LogP contribution is 2.27. The van der Waals surface area contributed by atoms with Crippen molar-refractivity contribution in [1.29, 1.82) is 0 Å². The lowest BCUT2D eigenvalue weighted by Crippen LogP contribution is -2.52. The Labute approximate surface area is 189 Å². The normalized spacial score (nSPS) is 12.1. The number of anilines is 1. The minimum Gasteiger partial charge on any atom is -0.357 e. The van der Waals surface area contributed by atoms with Crippen molar-refractivity contribution in [3.05, 3.63) is 65.2 Å². The summed E-state index contributed by atoms with van der Waals surface area (Å²) in [6, 6.07) is 15.3. The highest BCUT2D eigenvalue weighted by atomic mass is 35.5. The van der Waals surface area contributed by atoms with Crippen LogP contribution in [0.3, 0.4) is 0 Å². The molecule has 0 fully saturated rings. The molecule has 0 spiro atoms. The molecule has 0 aliphatic rings. The Hall–Kier alpha value is -2.58. The van der Waals surface area contributed by atoms with Crippen molar-refractivity contribution in [1.82, 2.24) is 10.2 Å². The molecule has 7 nitrogen and oxygen atoms in total. The van der Waals surface area contributed by atoms with Crippen molar-refractivity contribution < 1.29 is 18.0 Å². The summed E-state index contributed by atoms with van der Waals surface area (Å²) in [6.45, 7) is 1.63. The molecule has 0 saturated heterocycles. The van der Waals surface area contributed by atoms with Gasteiger partial charge < -0.3 is 10.2 Å². The lowest BCUT2D eigenvalue weighted by molar-refractivity contribution is -0.139. The van der Waals surface area contributed by atoms with E-state index in [-0.39, 0.29) is 23.2 Å². The molecule has 0 radical (unpaired) electrons. The van der Waals surface area contributed by atoms with Crippen molar-refractivity contribution >= 4 is 39.1 Å². The first-order valence-electron chi connectivity index (χ1n) is 9.96. The number of rotatable bonds is 10. The van der Waals surface area contributed by atoms with Crippen LogP contribution in [0.25, 0.3) is 0 Å². The average molecular weight is 466 g/mol. The molecule has 0 aromatic heterocycles. The molecule has 0 unspecified atom stereocenters. The van der Waals surface area contributed by atoms with Crippen LogP contribution in [-0.4, -0.2) is 57.6 Å². The van der Waals surface area contributed by atoms with Crippen LogP contribution >= 0.6 is 11.6 Å². The predicted octanol–water partition coefficient (Wildman–Crippen LogP) is 2.70. The van der Waals surface area contributed by atoms with Gasteiger partial charge in [0.15, 0.2) is 0 Å². The van der Waals surface area contributed by atoms with Crippen LogP contribution in [-0.2, 0) is 26.0 Å².